The zero-order valence-corrected chi connectivity index (χ0v) is 23.3. The van der Waals surface area contributed by atoms with Gasteiger partial charge in [0.25, 0.3) is 5.91 Å². The predicted molar refractivity (Wildman–Crippen MR) is 157 cm³/mol. The number of halogens is 2. The summed E-state index contributed by atoms with van der Waals surface area (Å²) in [6, 6.07) is 12.3. The molecule has 0 bridgehead atoms. The Balaban J connectivity index is 1.23. The molecular weight excluding hydrogens is 575 g/mol. The molecule has 43 heavy (non-hydrogen) atoms. The summed E-state index contributed by atoms with van der Waals surface area (Å²) in [6.45, 7) is 0.0662. The average molecular weight is 599 g/mol. The molecule has 1 unspecified atom stereocenters. The number of carbonyl (C=O) groups excluding carboxylic acids is 3. The van der Waals surface area contributed by atoms with Crippen LogP contribution in [0.1, 0.15) is 23.3 Å². The number of carbonyl (C=O) groups is 3. The first kappa shape index (κ1) is 27.9. The minimum Gasteiger partial charge on any atom is -0.364 e. The quantitative estimate of drug-likeness (QED) is 0.287. The molecule has 6 rings (SSSR count). The second kappa shape index (κ2) is 11.6. The van der Waals surface area contributed by atoms with Crippen molar-refractivity contribution in [2.24, 2.45) is 5.73 Å². The van der Waals surface area contributed by atoms with E-state index in [2.05, 4.69) is 25.4 Å². The van der Waals surface area contributed by atoms with Crippen molar-refractivity contribution in [3.63, 3.8) is 0 Å². The summed E-state index contributed by atoms with van der Waals surface area (Å²) in [5.41, 5.74) is 7.85. The van der Waals surface area contributed by atoms with Crippen LogP contribution in [0.3, 0.4) is 0 Å². The largest absolute Gasteiger partial charge is 0.364 e. The minimum absolute atomic E-state index is 0.0171. The van der Waals surface area contributed by atoms with Gasteiger partial charge in [0.15, 0.2) is 11.5 Å². The Labute approximate surface area is 249 Å². The fourth-order valence-electron chi connectivity index (χ4n) is 5.25. The third-order valence-corrected chi connectivity index (χ3v) is 7.64. The smallest absolute Gasteiger partial charge is 0.269 e. The number of amides is 3. The van der Waals surface area contributed by atoms with Crippen LogP contribution >= 0.6 is 11.6 Å². The van der Waals surface area contributed by atoms with Crippen LogP contribution in [0.25, 0.3) is 33.3 Å². The van der Waals surface area contributed by atoms with Crippen molar-refractivity contribution in [3.8, 4) is 22.4 Å². The van der Waals surface area contributed by atoms with E-state index in [1.54, 1.807) is 54.9 Å². The molecule has 0 aliphatic carbocycles. The molecule has 4 heterocycles. The topological polar surface area (TPSA) is 149 Å². The summed E-state index contributed by atoms with van der Waals surface area (Å²) in [5.74, 6) is -2.31. The van der Waals surface area contributed by atoms with Gasteiger partial charge >= 0.3 is 0 Å². The van der Waals surface area contributed by atoms with Crippen molar-refractivity contribution in [2.75, 3.05) is 11.9 Å². The summed E-state index contributed by atoms with van der Waals surface area (Å²) in [6.07, 6.45) is 7.03. The molecule has 3 aromatic heterocycles. The van der Waals surface area contributed by atoms with Crippen molar-refractivity contribution in [3.05, 3.63) is 90.0 Å². The number of nitrogens with zero attached hydrogens (tertiary/aromatic N) is 6. The van der Waals surface area contributed by atoms with E-state index in [1.807, 2.05) is 0 Å². The fourth-order valence-corrected chi connectivity index (χ4v) is 5.49. The van der Waals surface area contributed by atoms with Crippen LogP contribution < -0.4 is 11.1 Å². The highest BCUT2D eigenvalue weighted by atomic mass is 35.5. The molecule has 11 nitrogen and oxygen atoms in total. The number of likely N-dealkylation sites (tertiary alicyclic amines) is 1. The molecule has 0 spiro atoms. The molecule has 5 aromatic rings. The lowest BCUT2D eigenvalue weighted by Crippen LogP contribution is -2.44. The van der Waals surface area contributed by atoms with Crippen LogP contribution in [0.4, 0.5) is 10.1 Å². The second-order valence-electron chi connectivity index (χ2n) is 9.97. The van der Waals surface area contributed by atoms with E-state index in [9.17, 15) is 14.4 Å². The molecule has 1 atom stereocenters. The molecule has 1 aliphatic rings. The minimum atomic E-state index is -0.823. The van der Waals surface area contributed by atoms with Crippen LogP contribution in [-0.2, 0) is 16.1 Å². The van der Waals surface area contributed by atoms with Crippen LogP contribution in [0.15, 0.2) is 73.4 Å². The third kappa shape index (κ3) is 5.40. The van der Waals surface area contributed by atoms with E-state index in [1.165, 1.54) is 28.2 Å². The van der Waals surface area contributed by atoms with Crippen molar-refractivity contribution in [2.45, 2.75) is 25.4 Å². The normalized spacial score (nSPS) is 14.7. The number of nitrogens with two attached hydrogens (primary N) is 1. The number of pyridine rings is 1. The van der Waals surface area contributed by atoms with E-state index in [0.29, 0.717) is 52.1 Å². The monoisotopic (exact) mass is 598 g/mol. The summed E-state index contributed by atoms with van der Waals surface area (Å²) in [5, 5.41) is 7.73. The fraction of sp³-hybridized carbons (Fsp3) is 0.167. The lowest BCUT2D eigenvalue weighted by molar-refractivity contribution is -0.137. The zero-order chi connectivity index (χ0) is 30.1. The number of hydrogen-bond acceptors (Lipinski definition) is 7. The molecule has 1 saturated heterocycles. The van der Waals surface area contributed by atoms with Crippen molar-refractivity contribution < 1.29 is 18.8 Å². The number of fused-ring (bicyclic) bond motifs is 1. The van der Waals surface area contributed by atoms with E-state index < -0.39 is 29.6 Å². The molecule has 3 amide bonds. The lowest BCUT2D eigenvalue weighted by atomic mass is 10.0. The maximum atomic E-state index is 15.5. The standard InChI is InChI=1S/C30H24ClFN8O3/c31-21-7-2-1-5-18(21)19-6-3-8-22(27(19)32)37-30(43)24-9-4-10-39(24)26(41)15-40-25-14-36-23(17-12-34-16-35-13-17)11-20(25)28(38-40)29(33)42/h1-3,5-8,11-14,16,24H,4,9-10,15H2,(H2,33,42)(H,37,43). The second-order valence-corrected chi connectivity index (χ2v) is 10.4. The number of anilines is 1. The number of hydrogen-bond donors (Lipinski definition) is 2. The molecule has 0 radical (unpaired) electrons. The first-order chi connectivity index (χ1) is 20.8. The van der Waals surface area contributed by atoms with Gasteiger partial charge in [-0.3, -0.25) is 24.0 Å². The molecule has 1 fully saturated rings. The Bertz CT molecular complexity index is 1880. The maximum Gasteiger partial charge on any atom is 0.269 e. The highest BCUT2D eigenvalue weighted by Gasteiger charge is 2.35. The molecule has 216 valence electrons. The molecule has 2 aromatic carbocycles. The lowest BCUT2D eigenvalue weighted by Gasteiger charge is -2.24. The number of nitrogens with one attached hydrogen (secondary N) is 1. The van der Waals surface area contributed by atoms with Gasteiger partial charge in [-0.1, -0.05) is 41.9 Å². The van der Waals surface area contributed by atoms with Crippen LogP contribution in [0, 0.1) is 5.82 Å². The zero-order valence-electron chi connectivity index (χ0n) is 22.6. The Hall–Kier alpha value is -5.23. The molecule has 13 heteroatoms. The van der Waals surface area contributed by atoms with Gasteiger partial charge in [0, 0.05) is 46.0 Å². The van der Waals surface area contributed by atoms with Gasteiger partial charge in [-0.25, -0.2) is 14.4 Å². The number of benzene rings is 2. The maximum absolute atomic E-state index is 15.5. The predicted octanol–water partition coefficient (Wildman–Crippen LogP) is 4.08. The first-order valence-electron chi connectivity index (χ1n) is 13.4. The van der Waals surface area contributed by atoms with E-state index in [-0.39, 0.29) is 23.5 Å². The Morgan fingerprint density at radius 1 is 1.05 bits per heavy atom. The summed E-state index contributed by atoms with van der Waals surface area (Å²) in [7, 11) is 0. The molecule has 0 saturated carbocycles. The Morgan fingerprint density at radius 2 is 1.81 bits per heavy atom. The van der Waals surface area contributed by atoms with E-state index >= 15 is 4.39 Å². The van der Waals surface area contributed by atoms with Crippen LogP contribution in [0.5, 0.6) is 0 Å². The van der Waals surface area contributed by atoms with Crippen LogP contribution in [0.2, 0.25) is 5.02 Å². The van der Waals surface area contributed by atoms with Gasteiger partial charge < -0.3 is 16.0 Å². The average Bonchev–Trinajstić information content (AvgIpc) is 3.65. The van der Waals surface area contributed by atoms with Crippen LogP contribution in [-0.4, -0.2) is 59.9 Å². The van der Waals surface area contributed by atoms with Crippen molar-refractivity contribution >= 4 is 45.9 Å². The van der Waals surface area contributed by atoms with Gasteiger partial charge in [0.2, 0.25) is 11.8 Å². The molecule has 3 N–H and O–H groups in total. The van der Waals surface area contributed by atoms with Gasteiger partial charge in [0.05, 0.1) is 23.1 Å². The number of aromatic nitrogens is 5. The molecular formula is C30H24ClFN8O3. The Kier molecular flexibility index (Phi) is 7.51. The van der Waals surface area contributed by atoms with Crippen molar-refractivity contribution in [1.29, 1.82) is 0 Å². The highest BCUT2D eigenvalue weighted by Crippen LogP contribution is 2.33. The number of primary amides is 1. The Morgan fingerprint density at radius 3 is 2.58 bits per heavy atom. The van der Waals surface area contributed by atoms with Crippen molar-refractivity contribution in [1.82, 2.24) is 29.6 Å². The van der Waals surface area contributed by atoms with Gasteiger partial charge in [-0.15, -0.1) is 0 Å². The summed E-state index contributed by atoms with van der Waals surface area (Å²) < 4.78 is 16.8. The SMILES string of the molecule is NC(=O)c1nn(CC(=O)N2CCCC2C(=O)Nc2cccc(-c3ccccc3Cl)c2F)c2cnc(-c3cncnc3)cc12. The van der Waals surface area contributed by atoms with E-state index in [4.69, 9.17) is 17.3 Å². The van der Waals surface area contributed by atoms with Gasteiger partial charge in [0.1, 0.15) is 18.9 Å². The highest BCUT2D eigenvalue weighted by molar-refractivity contribution is 6.33. The molecule has 1 aliphatic heterocycles. The van der Waals surface area contributed by atoms with Gasteiger partial charge in [-0.05, 0) is 31.0 Å². The number of rotatable bonds is 7. The summed E-state index contributed by atoms with van der Waals surface area (Å²) >= 11 is 6.26. The van der Waals surface area contributed by atoms with E-state index in [0.717, 1.165) is 0 Å². The summed E-state index contributed by atoms with van der Waals surface area (Å²) in [4.78, 5) is 52.9. The third-order valence-electron chi connectivity index (χ3n) is 7.31. The first-order valence-corrected chi connectivity index (χ1v) is 13.7. The van der Waals surface area contributed by atoms with Gasteiger partial charge in [-0.2, -0.15) is 5.10 Å².